The van der Waals surface area contributed by atoms with E-state index >= 15 is 0 Å². The molecule has 106 valence electrons. The molecule has 0 aliphatic heterocycles. The van der Waals surface area contributed by atoms with Crippen molar-refractivity contribution < 1.29 is 12.8 Å². The molecule has 0 N–H and O–H groups in total. The van der Waals surface area contributed by atoms with Gasteiger partial charge in [-0.25, -0.2) is 12.8 Å². The molecule has 0 radical (unpaired) electrons. The van der Waals surface area contributed by atoms with Crippen molar-refractivity contribution in [2.45, 2.75) is 11.4 Å². The molecule has 0 bridgehead atoms. The van der Waals surface area contributed by atoms with Crippen LogP contribution in [0.1, 0.15) is 5.69 Å². The molecular weight excluding hydrogens is 347 g/mol. The molecule has 0 fully saturated rings. The van der Waals surface area contributed by atoms with Crippen LogP contribution in [-0.4, -0.2) is 24.8 Å². The first-order valence-electron chi connectivity index (χ1n) is 5.72. The smallest absolute Gasteiger partial charge is 0.246 e. The van der Waals surface area contributed by atoms with Crippen LogP contribution in [0.2, 0.25) is 0 Å². The number of pyridine rings is 1. The molecule has 0 aliphatic rings. The van der Waals surface area contributed by atoms with Gasteiger partial charge in [-0.1, -0.05) is 22.0 Å². The Morgan fingerprint density at radius 1 is 1.30 bits per heavy atom. The van der Waals surface area contributed by atoms with Crippen LogP contribution in [0.15, 0.2) is 52.0 Å². The third-order valence-corrected chi connectivity index (χ3v) is 5.02. The lowest BCUT2D eigenvalue weighted by atomic mass is 10.3. The van der Waals surface area contributed by atoms with Crippen molar-refractivity contribution in [2.75, 3.05) is 7.05 Å². The van der Waals surface area contributed by atoms with E-state index in [1.165, 1.54) is 19.2 Å². The van der Waals surface area contributed by atoms with Crippen LogP contribution in [0.25, 0.3) is 0 Å². The molecule has 4 nitrogen and oxygen atoms in total. The van der Waals surface area contributed by atoms with Crippen LogP contribution < -0.4 is 0 Å². The molecule has 1 aromatic heterocycles. The number of nitrogens with zero attached hydrogens (tertiary/aromatic N) is 2. The highest BCUT2D eigenvalue weighted by atomic mass is 79.9. The van der Waals surface area contributed by atoms with Crippen LogP contribution in [0.4, 0.5) is 4.39 Å². The van der Waals surface area contributed by atoms with Gasteiger partial charge in [0.05, 0.1) is 12.2 Å². The Labute approximate surface area is 125 Å². The van der Waals surface area contributed by atoms with Gasteiger partial charge in [0.15, 0.2) is 0 Å². The van der Waals surface area contributed by atoms with Crippen molar-refractivity contribution in [1.29, 1.82) is 0 Å². The average Bonchev–Trinajstić information content (AvgIpc) is 2.39. The zero-order valence-corrected chi connectivity index (χ0v) is 13.0. The van der Waals surface area contributed by atoms with Crippen LogP contribution in [0, 0.1) is 5.82 Å². The van der Waals surface area contributed by atoms with Gasteiger partial charge in [0.2, 0.25) is 10.0 Å². The lowest BCUT2D eigenvalue weighted by Gasteiger charge is -2.17. The standard InChI is InChI=1S/C13H12BrFN2O2S/c1-17(9-11-4-2-3-7-16-11)20(18,19)13-6-5-10(14)8-12(13)15/h2-8H,9H2,1H3. The van der Waals surface area contributed by atoms with Crippen molar-refractivity contribution in [3.05, 3.63) is 58.6 Å². The maximum Gasteiger partial charge on any atom is 0.246 e. The molecule has 20 heavy (non-hydrogen) atoms. The van der Waals surface area contributed by atoms with Gasteiger partial charge in [-0.05, 0) is 30.3 Å². The van der Waals surface area contributed by atoms with E-state index < -0.39 is 15.8 Å². The minimum atomic E-state index is -3.89. The van der Waals surface area contributed by atoms with Crippen LogP contribution in [0.3, 0.4) is 0 Å². The summed E-state index contributed by atoms with van der Waals surface area (Å²) in [5, 5.41) is 0. The minimum Gasteiger partial charge on any atom is -0.260 e. The molecule has 0 aliphatic carbocycles. The van der Waals surface area contributed by atoms with Crippen LogP contribution in [-0.2, 0) is 16.6 Å². The molecule has 0 spiro atoms. The summed E-state index contributed by atoms with van der Waals surface area (Å²) in [5.74, 6) is -0.785. The van der Waals surface area contributed by atoms with E-state index in [2.05, 4.69) is 20.9 Å². The van der Waals surface area contributed by atoms with Crippen LogP contribution in [0.5, 0.6) is 0 Å². The maximum absolute atomic E-state index is 13.8. The molecule has 0 unspecified atom stereocenters. The number of halogens is 2. The Balaban J connectivity index is 2.30. The second-order valence-corrected chi connectivity index (χ2v) is 7.09. The highest BCUT2D eigenvalue weighted by Gasteiger charge is 2.24. The molecule has 0 atom stereocenters. The highest BCUT2D eigenvalue weighted by Crippen LogP contribution is 2.22. The summed E-state index contributed by atoms with van der Waals surface area (Å²) in [7, 11) is -2.49. The molecule has 0 saturated carbocycles. The normalized spacial score (nSPS) is 11.8. The lowest BCUT2D eigenvalue weighted by molar-refractivity contribution is 0.455. The van der Waals surface area contributed by atoms with Gasteiger partial charge < -0.3 is 0 Å². The van der Waals surface area contributed by atoms with Gasteiger partial charge in [0.1, 0.15) is 10.7 Å². The zero-order chi connectivity index (χ0) is 14.8. The Bertz CT molecular complexity index is 708. The topological polar surface area (TPSA) is 50.3 Å². The number of sulfonamides is 1. The highest BCUT2D eigenvalue weighted by molar-refractivity contribution is 9.10. The van der Waals surface area contributed by atoms with Crippen molar-refractivity contribution >= 4 is 26.0 Å². The Morgan fingerprint density at radius 3 is 2.65 bits per heavy atom. The van der Waals surface area contributed by atoms with Gasteiger partial charge >= 0.3 is 0 Å². The summed E-state index contributed by atoms with van der Waals surface area (Å²) in [6.07, 6.45) is 1.58. The van der Waals surface area contributed by atoms with Gasteiger partial charge in [-0.2, -0.15) is 4.31 Å². The van der Waals surface area contributed by atoms with E-state index in [1.807, 2.05) is 0 Å². The zero-order valence-electron chi connectivity index (χ0n) is 10.6. The van der Waals surface area contributed by atoms with E-state index in [0.717, 1.165) is 10.4 Å². The first-order chi connectivity index (χ1) is 9.41. The lowest BCUT2D eigenvalue weighted by Crippen LogP contribution is -2.27. The largest absolute Gasteiger partial charge is 0.260 e. The minimum absolute atomic E-state index is 0.0820. The van der Waals surface area contributed by atoms with Gasteiger partial charge in [-0.3, -0.25) is 4.98 Å². The van der Waals surface area contributed by atoms with E-state index in [4.69, 9.17) is 0 Å². The number of hydrogen-bond acceptors (Lipinski definition) is 3. The van der Waals surface area contributed by atoms with E-state index in [9.17, 15) is 12.8 Å². The number of hydrogen-bond donors (Lipinski definition) is 0. The average molecular weight is 359 g/mol. The van der Waals surface area contributed by atoms with Crippen molar-refractivity contribution in [3.63, 3.8) is 0 Å². The summed E-state index contributed by atoms with van der Waals surface area (Å²) in [6, 6.07) is 9.08. The summed E-state index contributed by atoms with van der Waals surface area (Å²) in [5.41, 5.74) is 0.594. The first-order valence-corrected chi connectivity index (χ1v) is 7.96. The van der Waals surface area contributed by atoms with Crippen molar-refractivity contribution in [1.82, 2.24) is 9.29 Å². The monoisotopic (exact) mass is 358 g/mol. The summed E-state index contributed by atoms with van der Waals surface area (Å²) >= 11 is 3.10. The third kappa shape index (κ3) is 3.23. The Morgan fingerprint density at radius 2 is 2.05 bits per heavy atom. The van der Waals surface area contributed by atoms with Crippen molar-refractivity contribution in [2.24, 2.45) is 0 Å². The quantitative estimate of drug-likeness (QED) is 0.844. The molecule has 7 heteroatoms. The molecule has 0 saturated heterocycles. The van der Waals surface area contributed by atoms with E-state index in [0.29, 0.717) is 10.2 Å². The first kappa shape index (κ1) is 15.1. The number of benzene rings is 1. The fourth-order valence-electron chi connectivity index (χ4n) is 1.66. The Kier molecular flexibility index (Phi) is 4.52. The summed E-state index contributed by atoms with van der Waals surface area (Å²) in [4.78, 5) is 3.71. The third-order valence-electron chi connectivity index (χ3n) is 2.69. The number of rotatable bonds is 4. The van der Waals surface area contributed by atoms with Crippen molar-refractivity contribution in [3.8, 4) is 0 Å². The molecule has 2 rings (SSSR count). The van der Waals surface area contributed by atoms with E-state index in [-0.39, 0.29) is 11.4 Å². The fraction of sp³-hybridized carbons (Fsp3) is 0.154. The summed E-state index contributed by atoms with van der Waals surface area (Å²) in [6.45, 7) is 0.0820. The molecular formula is C13H12BrFN2O2S. The summed E-state index contributed by atoms with van der Waals surface area (Å²) < 4.78 is 40.0. The maximum atomic E-state index is 13.8. The number of aromatic nitrogens is 1. The second-order valence-electron chi connectivity index (χ2n) is 4.16. The van der Waals surface area contributed by atoms with Gasteiger partial charge in [0, 0.05) is 17.7 Å². The second kappa shape index (κ2) is 5.99. The van der Waals surface area contributed by atoms with E-state index in [1.54, 1.807) is 24.4 Å². The van der Waals surface area contributed by atoms with Gasteiger partial charge in [0.25, 0.3) is 0 Å². The molecule has 2 aromatic rings. The molecule has 1 heterocycles. The van der Waals surface area contributed by atoms with Gasteiger partial charge in [-0.15, -0.1) is 0 Å². The fourth-order valence-corrected chi connectivity index (χ4v) is 3.17. The predicted octanol–water partition coefficient (Wildman–Crippen LogP) is 2.80. The van der Waals surface area contributed by atoms with Crippen LogP contribution >= 0.6 is 15.9 Å². The molecule has 1 aromatic carbocycles. The predicted molar refractivity (Wildman–Crippen MR) is 77.0 cm³/mol. The SMILES string of the molecule is CN(Cc1ccccn1)S(=O)(=O)c1ccc(Br)cc1F. The Hall–Kier alpha value is -1.31. The molecule has 0 amide bonds.